The predicted molar refractivity (Wildman–Crippen MR) is 185 cm³/mol. The Hall–Kier alpha value is -1.54. The quantitative estimate of drug-likeness (QED) is 0.140. The van der Waals surface area contributed by atoms with E-state index in [1.54, 1.807) is 0 Å². The molecule has 216 valence electrons. The number of halogens is 4. The molecule has 0 aromatic heterocycles. The van der Waals surface area contributed by atoms with Crippen LogP contribution in [-0.2, 0) is 4.74 Å². The van der Waals surface area contributed by atoms with Gasteiger partial charge < -0.3 is 14.5 Å². The molecule has 0 amide bonds. The Balaban J connectivity index is 1.63. The van der Waals surface area contributed by atoms with Crippen molar-refractivity contribution in [3.63, 3.8) is 0 Å². The number of nitrogens with zero attached hydrogens (tertiary/aromatic N) is 2. The van der Waals surface area contributed by atoms with Gasteiger partial charge in [-0.1, -0.05) is 116 Å². The highest BCUT2D eigenvalue weighted by Crippen LogP contribution is 2.57. The van der Waals surface area contributed by atoms with Gasteiger partial charge in [0.05, 0.1) is 13.2 Å². The fraction of sp³-hybridized carbons (Fsp3) is 0.250. The molecule has 0 radical (unpaired) electrons. The van der Waals surface area contributed by atoms with E-state index in [0.29, 0.717) is 13.2 Å². The second-order valence-corrected chi connectivity index (χ2v) is 17.7. The third-order valence-corrected chi connectivity index (χ3v) is 11.2. The third kappa shape index (κ3) is 8.75. The molecule has 0 bridgehead atoms. The molecule has 0 spiro atoms. The second kappa shape index (κ2) is 15.3. The SMILES string of the molecule is Cc1ccc(N(c2ccc(C)cc2)C(COCC(N(c2ccc(C)cc2)c2ccc(C)cc2)P(Cl)Cl)P(Cl)Cl)cc1. The van der Waals surface area contributed by atoms with Gasteiger partial charge in [0, 0.05) is 22.7 Å². The van der Waals surface area contributed by atoms with Crippen molar-refractivity contribution in [1.82, 2.24) is 0 Å². The van der Waals surface area contributed by atoms with Crippen LogP contribution in [0.1, 0.15) is 22.3 Å². The maximum atomic E-state index is 6.71. The number of hydrogen-bond donors (Lipinski definition) is 0. The van der Waals surface area contributed by atoms with Crippen LogP contribution in [0.25, 0.3) is 0 Å². The van der Waals surface area contributed by atoms with Crippen molar-refractivity contribution in [1.29, 1.82) is 0 Å². The van der Waals surface area contributed by atoms with Crippen molar-refractivity contribution in [3.8, 4) is 0 Å². The highest BCUT2D eigenvalue weighted by Gasteiger charge is 2.31. The van der Waals surface area contributed by atoms with Crippen LogP contribution in [-0.4, -0.2) is 24.8 Å². The minimum atomic E-state index is -1.45. The zero-order valence-corrected chi connectivity index (χ0v) is 28.3. The summed E-state index contributed by atoms with van der Waals surface area (Å²) >= 11 is 26.9. The summed E-state index contributed by atoms with van der Waals surface area (Å²) in [6.45, 7) is 5.97. The van der Waals surface area contributed by atoms with Gasteiger partial charge in [0.25, 0.3) is 0 Å². The molecule has 3 nitrogen and oxygen atoms in total. The Bertz CT molecular complexity index is 1170. The lowest BCUT2D eigenvalue weighted by Crippen LogP contribution is -2.36. The molecule has 0 saturated carbocycles. The molecular formula is C32H34Cl4N2OP2. The molecule has 9 heteroatoms. The van der Waals surface area contributed by atoms with E-state index < -0.39 is 13.3 Å². The van der Waals surface area contributed by atoms with Crippen LogP contribution >= 0.6 is 58.2 Å². The summed E-state index contributed by atoms with van der Waals surface area (Å²) in [6, 6.07) is 33.4. The molecule has 0 heterocycles. The molecule has 0 saturated heterocycles. The topological polar surface area (TPSA) is 15.7 Å². The zero-order chi connectivity index (χ0) is 29.5. The van der Waals surface area contributed by atoms with Gasteiger partial charge in [0.1, 0.15) is 24.8 Å². The van der Waals surface area contributed by atoms with Gasteiger partial charge >= 0.3 is 0 Å². The van der Waals surface area contributed by atoms with Gasteiger partial charge in [-0.05, 0) is 76.2 Å². The number of anilines is 4. The molecule has 4 aromatic rings. The monoisotopic (exact) mass is 664 g/mol. The van der Waals surface area contributed by atoms with Crippen LogP contribution in [0, 0.1) is 27.7 Å². The molecule has 41 heavy (non-hydrogen) atoms. The van der Waals surface area contributed by atoms with Crippen LogP contribution in [0.4, 0.5) is 22.7 Å². The van der Waals surface area contributed by atoms with Crippen molar-refractivity contribution in [2.45, 2.75) is 39.3 Å². The first kappa shape index (κ1) is 32.4. The van der Waals surface area contributed by atoms with E-state index in [1.165, 1.54) is 22.3 Å². The average molecular weight is 666 g/mol. The predicted octanol–water partition coefficient (Wildman–Crippen LogP) is 12.1. The largest absolute Gasteiger partial charge is 0.376 e. The standard InChI is InChI=1S/C32H34Cl4N2OP2/c1-23-5-13-27(14-6-23)37(28-15-7-24(2)8-16-28)31(40(33)34)21-39-22-32(41(35)36)38(29-17-9-25(3)10-18-29)30-19-11-26(4)12-20-30/h5-20,31-32H,21-22H2,1-4H3. The lowest BCUT2D eigenvalue weighted by molar-refractivity contribution is 0.137. The maximum absolute atomic E-state index is 6.71. The van der Waals surface area contributed by atoms with Gasteiger partial charge in [-0.3, -0.25) is 0 Å². The first-order valence-electron chi connectivity index (χ1n) is 13.3. The number of benzene rings is 4. The Labute approximate surface area is 266 Å². The number of ether oxygens (including phenoxy) is 1. The zero-order valence-electron chi connectivity index (χ0n) is 23.5. The molecule has 0 fully saturated rings. The molecule has 4 rings (SSSR count). The van der Waals surface area contributed by atoms with Crippen LogP contribution in [0.5, 0.6) is 0 Å². The van der Waals surface area contributed by atoms with E-state index in [0.717, 1.165) is 22.7 Å². The molecule has 0 aliphatic rings. The Kier molecular flexibility index (Phi) is 12.1. The van der Waals surface area contributed by atoms with Crippen LogP contribution in [0.15, 0.2) is 97.1 Å². The van der Waals surface area contributed by atoms with Crippen LogP contribution in [0.3, 0.4) is 0 Å². The van der Waals surface area contributed by atoms with Crippen molar-refractivity contribution in [2.24, 2.45) is 0 Å². The molecule has 0 N–H and O–H groups in total. The molecule has 0 aliphatic heterocycles. The van der Waals surface area contributed by atoms with E-state index >= 15 is 0 Å². The minimum Gasteiger partial charge on any atom is -0.376 e. The Morgan fingerprint density at radius 1 is 0.463 bits per heavy atom. The first-order chi connectivity index (χ1) is 19.6. The normalized spacial score (nSPS) is 12.9. The average Bonchev–Trinajstić information content (AvgIpc) is 2.95. The summed E-state index contributed by atoms with van der Waals surface area (Å²) in [6.07, 6.45) is 0. The fourth-order valence-electron chi connectivity index (χ4n) is 4.52. The molecule has 4 aromatic carbocycles. The molecule has 2 unspecified atom stereocenters. The van der Waals surface area contributed by atoms with Gasteiger partial charge in [-0.15, -0.1) is 0 Å². The lowest BCUT2D eigenvalue weighted by Gasteiger charge is -2.37. The van der Waals surface area contributed by atoms with Crippen LogP contribution < -0.4 is 9.80 Å². The summed E-state index contributed by atoms with van der Waals surface area (Å²) in [5.41, 5.74) is 8.70. The van der Waals surface area contributed by atoms with Crippen LogP contribution in [0.2, 0.25) is 0 Å². The summed E-state index contributed by atoms with van der Waals surface area (Å²) in [5.74, 6) is -0.605. The van der Waals surface area contributed by atoms with Crippen molar-refractivity contribution in [2.75, 3.05) is 23.0 Å². The number of aryl methyl sites for hydroxylation is 4. The van der Waals surface area contributed by atoms with Crippen molar-refractivity contribution < 1.29 is 4.74 Å². The molecule has 0 aliphatic carbocycles. The number of rotatable bonds is 12. The maximum Gasteiger partial charge on any atom is 0.111 e. The lowest BCUT2D eigenvalue weighted by atomic mass is 10.1. The van der Waals surface area contributed by atoms with E-state index in [9.17, 15) is 0 Å². The highest BCUT2D eigenvalue weighted by molar-refractivity contribution is 8.04. The highest BCUT2D eigenvalue weighted by atomic mass is 35.9. The Morgan fingerprint density at radius 3 is 0.878 bits per heavy atom. The summed E-state index contributed by atoms with van der Waals surface area (Å²) in [7, 11) is 0. The van der Waals surface area contributed by atoms with Crippen molar-refractivity contribution >= 4 is 81.0 Å². The fourth-order valence-corrected chi connectivity index (χ4v) is 7.57. The van der Waals surface area contributed by atoms with Crippen molar-refractivity contribution in [3.05, 3.63) is 119 Å². The smallest absolute Gasteiger partial charge is 0.111 e. The Morgan fingerprint density at radius 2 is 0.683 bits per heavy atom. The van der Waals surface area contributed by atoms with E-state index in [2.05, 4.69) is 135 Å². The molecule has 2 atom stereocenters. The van der Waals surface area contributed by atoms with E-state index in [4.69, 9.17) is 49.7 Å². The van der Waals surface area contributed by atoms with Gasteiger partial charge in [0.15, 0.2) is 0 Å². The van der Waals surface area contributed by atoms with Gasteiger partial charge in [-0.25, -0.2) is 0 Å². The van der Waals surface area contributed by atoms with Gasteiger partial charge in [0.2, 0.25) is 0 Å². The summed E-state index contributed by atoms with van der Waals surface area (Å²) < 4.78 is 6.43. The minimum absolute atomic E-state index is 0.295. The second-order valence-electron chi connectivity index (χ2n) is 10.1. The molecular weight excluding hydrogens is 632 g/mol. The summed E-state index contributed by atoms with van der Waals surface area (Å²) in [5, 5.41) is 0. The summed E-state index contributed by atoms with van der Waals surface area (Å²) in [4.78, 5) is 4.34. The number of hydrogen-bond acceptors (Lipinski definition) is 3. The van der Waals surface area contributed by atoms with E-state index in [1.807, 2.05) is 0 Å². The van der Waals surface area contributed by atoms with E-state index in [-0.39, 0.29) is 11.6 Å². The van der Waals surface area contributed by atoms with Gasteiger partial charge in [-0.2, -0.15) is 0 Å². The third-order valence-electron chi connectivity index (χ3n) is 6.83. The first-order valence-corrected chi connectivity index (χ1v) is 19.7.